The minimum absolute atomic E-state index is 0.00373. The average molecular weight is 366 g/mol. The van der Waals surface area contributed by atoms with Gasteiger partial charge >= 0.3 is 0 Å². The van der Waals surface area contributed by atoms with Gasteiger partial charge in [0.2, 0.25) is 15.9 Å². The smallest absolute Gasteiger partial charge is 0.241 e. The Hall–Kier alpha value is -2.32. The van der Waals surface area contributed by atoms with Gasteiger partial charge in [-0.15, -0.1) is 0 Å². The van der Waals surface area contributed by atoms with Gasteiger partial charge in [-0.3, -0.25) is 4.79 Å². The fourth-order valence-electron chi connectivity index (χ4n) is 2.71. The van der Waals surface area contributed by atoms with Crippen molar-refractivity contribution >= 4 is 21.6 Å². The third-order valence-electron chi connectivity index (χ3n) is 4.23. The Morgan fingerprint density at radius 3 is 2.52 bits per heavy atom. The van der Waals surface area contributed by atoms with Crippen LogP contribution >= 0.6 is 0 Å². The zero-order valence-electron chi connectivity index (χ0n) is 13.5. The highest BCUT2D eigenvalue weighted by molar-refractivity contribution is 7.89. The summed E-state index contributed by atoms with van der Waals surface area (Å²) < 4.78 is 53.9. The van der Waals surface area contributed by atoms with Crippen LogP contribution in [-0.4, -0.2) is 14.3 Å². The number of carbonyl (C=O) groups excluding carboxylic acids is 1. The molecule has 2 aromatic carbocycles. The molecule has 0 fully saturated rings. The summed E-state index contributed by atoms with van der Waals surface area (Å²) in [6.07, 6.45) is 0. The highest BCUT2D eigenvalue weighted by Gasteiger charge is 2.29. The molecule has 0 bridgehead atoms. The van der Waals surface area contributed by atoms with Crippen LogP contribution in [0.25, 0.3) is 0 Å². The maximum atomic E-state index is 13.3. The van der Waals surface area contributed by atoms with Crippen molar-refractivity contribution in [1.29, 1.82) is 0 Å². The molecular formula is C17H16F2N2O3S. The summed E-state index contributed by atoms with van der Waals surface area (Å²) in [7, 11) is -3.90. The van der Waals surface area contributed by atoms with Crippen molar-refractivity contribution in [2.45, 2.75) is 30.7 Å². The Morgan fingerprint density at radius 2 is 1.84 bits per heavy atom. The van der Waals surface area contributed by atoms with Crippen molar-refractivity contribution < 1.29 is 22.0 Å². The number of halogens is 2. The monoisotopic (exact) mass is 366 g/mol. The first-order valence-corrected chi connectivity index (χ1v) is 9.09. The van der Waals surface area contributed by atoms with Crippen LogP contribution in [0.2, 0.25) is 0 Å². The van der Waals surface area contributed by atoms with E-state index < -0.39 is 33.6 Å². The molecule has 1 amide bonds. The highest BCUT2D eigenvalue weighted by Crippen LogP contribution is 2.34. The minimum Gasteiger partial charge on any atom is -0.325 e. The van der Waals surface area contributed by atoms with Crippen LogP contribution in [0.5, 0.6) is 0 Å². The van der Waals surface area contributed by atoms with Gasteiger partial charge < -0.3 is 5.32 Å². The van der Waals surface area contributed by atoms with E-state index in [-0.39, 0.29) is 10.8 Å². The van der Waals surface area contributed by atoms with Crippen LogP contribution in [0.15, 0.2) is 41.3 Å². The first kappa shape index (κ1) is 17.5. The zero-order valence-corrected chi connectivity index (χ0v) is 14.3. The van der Waals surface area contributed by atoms with Crippen molar-refractivity contribution in [2.24, 2.45) is 0 Å². The van der Waals surface area contributed by atoms with E-state index in [0.29, 0.717) is 16.8 Å². The third-order valence-corrected chi connectivity index (χ3v) is 5.76. The first-order valence-electron chi connectivity index (χ1n) is 7.61. The van der Waals surface area contributed by atoms with E-state index in [9.17, 15) is 22.0 Å². The van der Waals surface area contributed by atoms with Crippen molar-refractivity contribution in [3.63, 3.8) is 0 Å². The Kier molecular flexibility index (Phi) is 4.34. The third kappa shape index (κ3) is 3.27. The molecule has 5 nitrogen and oxygen atoms in total. The van der Waals surface area contributed by atoms with Crippen molar-refractivity contribution in [1.82, 2.24) is 4.72 Å². The van der Waals surface area contributed by atoms with Gasteiger partial charge in [-0.2, -0.15) is 0 Å². The number of benzene rings is 2. The lowest BCUT2D eigenvalue weighted by Gasteiger charge is -2.15. The lowest BCUT2D eigenvalue weighted by atomic mass is 10.0. The Labute approximate surface area is 144 Å². The number of hydrogen-bond acceptors (Lipinski definition) is 3. The number of carbonyl (C=O) groups is 1. The Morgan fingerprint density at radius 1 is 1.12 bits per heavy atom. The molecule has 25 heavy (non-hydrogen) atoms. The predicted octanol–water partition coefficient (Wildman–Crippen LogP) is 3.06. The first-order chi connectivity index (χ1) is 11.7. The molecule has 0 saturated heterocycles. The number of nitrogens with one attached hydrogen (secondary N) is 2. The van der Waals surface area contributed by atoms with Crippen molar-refractivity contribution in [3.05, 3.63) is 59.2 Å². The lowest BCUT2D eigenvalue weighted by Crippen LogP contribution is -2.27. The standard InChI is InChI=1S/C17H16F2N2O3S/c1-9-13-8-12(4-6-16(13)20-17(9)22)25(23,24)21-10(2)11-3-5-14(18)15(19)7-11/h3-10,21H,1-2H3,(H,20,22)/t9-,10+/m0/s1. The van der Waals surface area contributed by atoms with Gasteiger partial charge in [0.05, 0.1) is 10.8 Å². The summed E-state index contributed by atoms with van der Waals surface area (Å²) >= 11 is 0. The Bertz CT molecular complexity index is 960. The van der Waals surface area contributed by atoms with E-state index in [2.05, 4.69) is 10.0 Å². The molecule has 3 rings (SSSR count). The molecule has 0 saturated carbocycles. The molecule has 2 N–H and O–H groups in total. The number of sulfonamides is 1. The van der Waals surface area contributed by atoms with E-state index in [1.807, 2.05) is 0 Å². The molecule has 132 valence electrons. The SMILES string of the molecule is C[C@@H]1C(=O)Nc2ccc(S(=O)(=O)N[C@H](C)c3ccc(F)c(F)c3)cc21. The maximum Gasteiger partial charge on any atom is 0.241 e. The number of rotatable bonds is 4. The van der Waals surface area contributed by atoms with Crippen LogP contribution in [-0.2, 0) is 14.8 Å². The second kappa shape index (κ2) is 6.20. The van der Waals surface area contributed by atoms with Gasteiger partial charge in [-0.25, -0.2) is 21.9 Å². The van der Waals surface area contributed by atoms with Gasteiger partial charge in [0.25, 0.3) is 0 Å². The van der Waals surface area contributed by atoms with E-state index in [0.717, 1.165) is 12.1 Å². The summed E-state index contributed by atoms with van der Waals surface area (Å²) in [5, 5.41) is 2.67. The minimum atomic E-state index is -3.90. The van der Waals surface area contributed by atoms with Gasteiger partial charge in [0.15, 0.2) is 11.6 Å². The van der Waals surface area contributed by atoms with Crippen molar-refractivity contribution in [2.75, 3.05) is 5.32 Å². The molecule has 2 aromatic rings. The lowest BCUT2D eigenvalue weighted by molar-refractivity contribution is -0.116. The quantitative estimate of drug-likeness (QED) is 0.873. The molecule has 0 unspecified atom stereocenters. The van der Waals surface area contributed by atoms with E-state index in [4.69, 9.17) is 0 Å². The molecule has 0 radical (unpaired) electrons. The topological polar surface area (TPSA) is 75.3 Å². The number of anilines is 1. The molecule has 0 aliphatic carbocycles. The summed E-state index contributed by atoms with van der Waals surface area (Å²) in [5.41, 5.74) is 1.49. The highest BCUT2D eigenvalue weighted by atomic mass is 32.2. The largest absolute Gasteiger partial charge is 0.325 e. The molecule has 1 aliphatic heterocycles. The van der Waals surface area contributed by atoms with Gasteiger partial charge in [-0.1, -0.05) is 6.07 Å². The van der Waals surface area contributed by atoms with Crippen LogP contribution < -0.4 is 10.0 Å². The maximum absolute atomic E-state index is 13.3. The second-order valence-electron chi connectivity index (χ2n) is 5.98. The Balaban J connectivity index is 1.87. The van der Waals surface area contributed by atoms with E-state index in [1.54, 1.807) is 6.92 Å². The molecule has 2 atom stereocenters. The molecule has 0 spiro atoms. The molecule has 1 heterocycles. The molecular weight excluding hydrogens is 350 g/mol. The summed E-state index contributed by atoms with van der Waals surface area (Å²) in [5.74, 6) is -2.66. The molecule has 0 aromatic heterocycles. The van der Waals surface area contributed by atoms with Crippen LogP contribution in [0.1, 0.15) is 36.9 Å². The van der Waals surface area contributed by atoms with Gasteiger partial charge in [-0.05, 0) is 55.3 Å². The molecule has 1 aliphatic rings. The second-order valence-corrected chi connectivity index (χ2v) is 7.69. The van der Waals surface area contributed by atoms with Gasteiger partial charge in [0, 0.05) is 11.7 Å². The zero-order chi connectivity index (χ0) is 18.4. The van der Waals surface area contributed by atoms with Crippen LogP contribution in [0.4, 0.5) is 14.5 Å². The number of hydrogen-bond donors (Lipinski definition) is 2. The van der Waals surface area contributed by atoms with Crippen LogP contribution in [0, 0.1) is 11.6 Å². The van der Waals surface area contributed by atoms with E-state index in [1.165, 1.54) is 31.2 Å². The normalized spacial score (nSPS) is 17.9. The molecule has 8 heteroatoms. The average Bonchev–Trinajstić information content (AvgIpc) is 2.84. The van der Waals surface area contributed by atoms with Crippen molar-refractivity contribution in [3.8, 4) is 0 Å². The van der Waals surface area contributed by atoms with Gasteiger partial charge in [0.1, 0.15) is 0 Å². The predicted molar refractivity (Wildman–Crippen MR) is 88.6 cm³/mol. The number of amides is 1. The number of fused-ring (bicyclic) bond motifs is 1. The fourth-order valence-corrected chi connectivity index (χ4v) is 3.98. The summed E-state index contributed by atoms with van der Waals surface area (Å²) in [4.78, 5) is 11.7. The summed E-state index contributed by atoms with van der Waals surface area (Å²) in [6.45, 7) is 3.22. The fraction of sp³-hybridized carbons (Fsp3) is 0.235. The van der Waals surface area contributed by atoms with E-state index >= 15 is 0 Å². The summed E-state index contributed by atoms with van der Waals surface area (Å²) in [6, 6.07) is 6.83. The van der Waals surface area contributed by atoms with Crippen LogP contribution in [0.3, 0.4) is 0 Å².